The average molecular weight is 232 g/mol. The van der Waals surface area contributed by atoms with Gasteiger partial charge in [-0.2, -0.15) is 5.10 Å². The summed E-state index contributed by atoms with van der Waals surface area (Å²) in [6, 6.07) is 10.2. The van der Waals surface area contributed by atoms with E-state index >= 15 is 0 Å². The van der Waals surface area contributed by atoms with Crippen LogP contribution in [0.4, 0.5) is 5.69 Å². The zero-order valence-corrected chi connectivity index (χ0v) is 10.9. The second-order valence-corrected chi connectivity index (χ2v) is 4.37. The third-order valence-electron chi connectivity index (χ3n) is 2.95. The van der Waals surface area contributed by atoms with E-state index in [2.05, 4.69) is 30.9 Å². The van der Waals surface area contributed by atoms with Crippen molar-refractivity contribution in [2.45, 2.75) is 45.4 Å². The number of hydrogen-bond donors (Lipinski definition) is 0. The monoisotopic (exact) mass is 232 g/mol. The highest BCUT2D eigenvalue weighted by Gasteiger charge is 2.02. The van der Waals surface area contributed by atoms with Crippen LogP contribution >= 0.6 is 0 Å². The van der Waals surface area contributed by atoms with Crippen LogP contribution in [0, 0.1) is 0 Å². The highest BCUT2D eigenvalue weighted by atomic mass is 15.4. The lowest BCUT2D eigenvalue weighted by Gasteiger charge is -2.18. The largest absolute Gasteiger partial charge is 0.266 e. The molecule has 2 nitrogen and oxygen atoms in total. The van der Waals surface area contributed by atoms with Gasteiger partial charge < -0.3 is 0 Å². The lowest BCUT2D eigenvalue weighted by Crippen LogP contribution is -2.16. The number of para-hydroxylation sites is 1. The second-order valence-electron chi connectivity index (χ2n) is 4.37. The van der Waals surface area contributed by atoms with Gasteiger partial charge in [-0.3, -0.25) is 5.01 Å². The number of anilines is 1. The first-order valence-electron chi connectivity index (χ1n) is 6.67. The molecule has 1 rings (SSSR count). The minimum Gasteiger partial charge on any atom is -0.266 e. The van der Waals surface area contributed by atoms with Crippen LogP contribution < -0.4 is 5.01 Å². The SMILES string of the molecule is C=NN(CCCCCCCC)c1ccccc1. The Morgan fingerprint density at radius 2 is 1.65 bits per heavy atom. The Morgan fingerprint density at radius 3 is 2.29 bits per heavy atom. The molecule has 0 saturated carbocycles. The molecule has 0 aromatic heterocycles. The van der Waals surface area contributed by atoms with Crippen molar-refractivity contribution in [3.63, 3.8) is 0 Å². The van der Waals surface area contributed by atoms with Gasteiger partial charge in [0.2, 0.25) is 0 Å². The van der Waals surface area contributed by atoms with E-state index in [0.717, 1.165) is 12.2 Å². The zero-order valence-electron chi connectivity index (χ0n) is 10.9. The van der Waals surface area contributed by atoms with Crippen LogP contribution in [-0.4, -0.2) is 13.3 Å². The van der Waals surface area contributed by atoms with Crippen molar-refractivity contribution in [3.05, 3.63) is 30.3 Å². The quantitative estimate of drug-likeness (QED) is 0.348. The number of nitrogens with zero attached hydrogens (tertiary/aromatic N) is 2. The standard InChI is InChI=1S/C15H24N2/c1-3-4-5-6-7-11-14-17(16-2)15-12-9-8-10-13-15/h8-10,12-13H,2-7,11,14H2,1H3. The smallest absolute Gasteiger partial charge is 0.0593 e. The van der Waals surface area contributed by atoms with E-state index in [9.17, 15) is 0 Å². The molecular formula is C15H24N2. The molecule has 2 heteroatoms. The minimum absolute atomic E-state index is 0.972. The van der Waals surface area contributed by atoms with Gasteiger partial charge in [-0.1, -0.05) is 57.2 Å². The first-order valence-corrected chi connectivity index (χ1v) is 6.67. The average Bonchev–Trinajstić information content (AvgIpc) is 2.39. The summed E-state index contributed by atoms with van der Waals surface area (Å²) in [7, 11) is 0. The molecule has 1 aromatic carbocycles. The summed E-state index contributed by atoms with van der Waals surface area (Å²) in [6.45, 7) is 6.86. The molecule has 0 saturated heterocycles. The van der Waals surface area contributed by atoms with Crippen molar-refractivity contribution >= 4 is 12.4 Å². The van der Waals surface area contributed by atoms with Crippen molar-refractivity contribution in [1.29, 1.82) is 0 Å². The van der Waals surface area contributed by atoms with Crippen molar-refractivity contribution in [1.82, 2.24) is 0 Å². The van der Waals surface area contributed by atoms with Crippen molar-refractivity contribution < 1.29 is 0 Å². The molecule has 94 valence electrons. The van der Waals surface area contributed by atoms with E-state index in [4.69, 9.17) is 0 Å². The molecule has 0 fully saturated rings. The minimum atomic E-state index is 0.972. The zero-order chi connectivity index (χ0) is 12.3. The molecule has 0 spiro atoms. The summed E-state index contributed by atoms with van der Waals surface area (Å²) in [5.41, 5.74) is 1.14. The second kappa shape index (κ2) is 8.80. The maximum Gasteiger partial charge on any atom is 0.0593 e. The Hall–Kier alpha value is -1.31. The van der Waals surface area contributed by atoms with Gasteiger partial charge in [-0.05, 0) is 18.6 Å². The molecular weight excluding hydrogens is 208 g/mol. The van der Waals surface area contributed by atoms with Crippen LogP contribution in [0.5, 0.6) is 0 Å². The van der Waals surface area contributed by atoms with Crippen molar-refractivity contribution in [3.8, 4) is 0 Å². The highest BCUT2D eigenvalue weighted by molar-refractivity contribution is 5.47. The van der Waals surface area contributed by atoms with Crippen LogP contribution in [0.15, 0.2) is 35.4 Å². The Kier molecular flexibility index (Phi) is 7.12. The lowest BCUT2D eigenvalue weighted by molar-refractivity contribution is 0.602. The molecule has 0 N–H and O–H groups in total. The molecule has 0 amide bonds. The topological polar surface area (TPSA) is 15.6 Å². The van der Waals surface area contributed by atoms with Crippen LogP contribution in [-0.2, 0) is 0 Å². The number of benzene rings is 1. The Labute approximate surface area is 105 Å². The fraction of sp³-hybridized carbons (Fsp3) is 0.533. The predicted molar refractivity (Wildman–Crippen MR) is 76.7 cm³/mol. The molecule has 17 heavy (non-hydrogen) atoms. The molecule has 0 atom stereocenters. The third-order valence-corrected chi connectivity index (χ3v) is 2.95. The number of unbranched alkanes of at least 4 members (excludes halogenated alkanes) is 5. The summed E-state index contributed by atoms with van der Waals surface area (Å²) in [4.78, 5) is 0. The fourth-order valence-electron chi connectivity index (χ4n) is 1.92. The molecule has 0 aliphatic carbocycles. The first-order chi connectivity index (χ1) is 8.38. The molecule has 0 bridgehead atoms. The van der Waals surface area contributed by atoms with Crippen molar-refractivity contribution in [2.24, 2.45) is 5.10 Å². The lowest BCUT2D eigenvalue weighted by atomic mass is 10.1. The van der Waals surface area contributed by atoms with Gasteiger partial charge in [0.05, 0.1) is 5.69 Å². The van der Waals surface area contributed by atoms with E-state index in [1.54, 1.807) is 0 Å². The van der Waals surface area contributed by atoms with Gasteiger partial charge in [0.1, 0.15) is 0 Å². The summed E-state index contributed by atoms with van der Waals surface area (Å²) < 4.78 is 0. The van der Waals surface area contributed by atoms with E-state index in [1.807, 2.05) is 23.2 Å². The molecule has 0 aliphatic heterocycles. The van der Waals surface area contributed by atoms with Crippen LogP contribution in [0.3, 0.4) is 0 Å². The van der Waals surface area contributed by atoms with E-state index in [0.29, 0.717) is 0 Å². The van der Waals surface area contributed by atoms with E-state index in [1.165, 1.54) is 38.5 Å². The molecule has 0 radical (unpaired) electrons. The van der Waals surface area contributed by atoms with Crippen LogP contribution in [0.1, 0.15) is 45.4 Å². The van der Waals surface area contributed by atoms with Gasteiger partial charge in [0.15, 0.2) is 0 Å². The molecule has 0 heterocycles. The summed E-state index contributed by atoms with van der Waals surface area (Å²) in [5, 5.41) is 6.06. The van der Waals surface area contributed by atoms with Gasteiger partial charge >= 0.3 is 0 Å². The molecule has 0 unspecified atom stereocenters. The number of hydrazone groups is 1. The van der Waals surface area contributed by atoms with E-state index < -0.39 is 0 Å². The van der Waals surface area contributed by atoms with Gasteiger partial charge in [-0.15, -0.1) is 0 Å². The van der Waals surface area contributed by atoms with Gasteiger partial charge in [0, 0.05) is 13.3 Å². The van der Waals surface area contributed by atoms with E-state index in [-0.39, 0.29) is 0 Å². The maximum absolute atomic E-state index is 4.08. The summed E-state index contributed by atoms with van der Waals surface area (Å²) in [6.07, 6.45) is 7.86. The predicted octanol–water partition coefficient (Wildman–Crippen LogP) is 4.47. The normalized spacial score (nSPS) is 10.2. The number of hydrogen-bond acceptors (Lipinski definition) is 2. The van der Waals surface area contributed by atoms with Crippen LogP contribution in [0.2, 0.25) is 0 Å². The van der Waals surface area contributed by atoms with Gasteiger partial charge in [0.25, 0.3) is 0 Å². The Bertz CT molecular complexity index is 295. The fourth-order valence-corrected chi connectivity index (χ4v) is 1.92. The van der Waals surface area contributed by atoms with Gasteiger partial charge in [-0.25, -0.2) is 0 Å². The third kappa shape index (κ3) is 5.53. The van der Waals surface area contributed by atoms with Crippen molar-refractivity contribution in [2.75, 3.05) is 11.6 Å². The Morgan fingerprint density at radius 1 is 1.00 bits per heavy atom. The summed E-state index contributed by atoms with van der Waals surface area (Å²) in [5.74, 6) is 0. The summed E-state index contributed by atoms with van der Waals surface area (Å²) >= 11 is 0. The first kappa shape index (κ1) is 13.8. The molecule has 1 aromatic rings. The number of rotatable bonds is 9. The molecule has 0 aliphatic rings. The van der Waals surface area contributed by atoms with Crippen LogP contribution in [0.25, 0.3) is 0 Å². The maximum atomic E-state index is 4.08. The highest BCUT2D eigenvalue weighted by Crippen LogP contribution is 2.14. The Balaban J connectivity index is 2.22.